The van der Waals surface area contributed by atoms with Crippen LogP contribution in [0.3, 0.4) is 0 Å². The molecule has 136 valence electrons. The highest BCUT2D eigenvalue weighted by atomic mass is 35.5. The molecular formula is C18H16Cl2N2O4. The van der Waals surface area contributed by atoms with Gasteiger partial charge in [-0.3, -0.25) is 9.59 Å². The number of benzene rings is 2. The summed E-state index contributed by atoms with van der Waals surface area (Å²) in [7, 11) is 2.99. The number of methoxy groups -OCH3 is 2. The third-order valence-corrected chi connectivity index (χ3v) is 4.58. The Balaban J connectivity index is 1.87. The molecular weight excluding hydrogens is 379 g/mol. The van der Waals surface area contributed by atoms with Crippen LogP contribution >= 0.6 is 23.2 Å². The minimum absolute atomic E-state index is 0.00692. The fourth-order valence-electron chi connectivity index (χ4n) is 2.76. The van der Waals surface area contributed by atoms with Crippen LogP contribution in [0.4, 0.5) is 11.4 Å². The summed E-state index contributed by atoms with van der Waals surface area (Å²) in [6.45, 7) is 0. The van der Waals surface area contributed by atoms with Crippen molar-refractivity contribution in [3.05, 3.63) is 46.4 Å². The largest absolute Gasteiger partial charge is 0.497 e. The van der Waals surface area contributed by atoms with Gasteiger partial charge in [0.1, 0.15) is 17.5 Å². The van der Waals surface area contributed by atoms with E-state index >= 15 is 0 Å². The van der Waals surface area contributed by atoms with Crippen LogP contribution in [-0.2, 0) is 9.59 Å². The van der Waals surface area contributed by atoms with Gasteiger partial charge in [0, 0.05) is 11.1 Å². The molecule has 1 heterocycles. The van der Waals surface area contributed by atoms with Crippen molar-refractivity contribution in [3.63, 3.8) is 0 Å². The van der Waals surface area contributed by atoms with Crippen molar-refractivity contribution >= 4 is 46.4 Å². The van der Waals surface area contributed by atoms with E-state index in [0.717, 1.165) is 4.90 Å². The van der Waals surface area contributed by atoms with Crippen molar-refractivity contribution in [2.75, 3.05) is 24.4 Å². The molecule has 2 aromatic carbocycles. The molecule has 2 amide bonds. The van der Waals surface area contributed by atoms with Crippen LogP contribution < -0.4 is 19.7 Å². The van der Waals surface area contributed by atoms with Gasteiger partial charge in [-0.1, -0.05) is 23.2 Å². The first-order valence-corrected chi connectivity index (χ1v) is 8.50. The van der Waals surface area contributed by atoms with Gasteiger partial charge in [0.05, 0.1) is 37.0 Å². The van der Waals surface area contributed by atoms with Gasteiger partial charge in [0.25, 0.3) is 5.91 Å². The molecule has 8 heteroatoms. The van der Waals surface area contributed by atoms with E-state index in [1.807, 2.05) is 0 Å². The highest BCUT2D eigenvalue weighted by Crippen LogP contribution is 2.36. The topological polar surface area (TPSA) is 67.9 Å². The Bertz CT molecular complexity index is 872. The molecule has 1 aliphatic heterocycles. The number of anilines is 2. The summed E-state index contributed by atoms with van der Waals surface area (Å²) in [5.41, 5.74) is 0.903. The molecule has 0 aromatic heterocycles. The van der Waals surface area contributed by atoms with E-state index in [4.69, 9.17) is 32.7 Å². The van der Waals surface area contributed by atoms with E-state index < -0.39 is 6.04 Å². The molecule has 6 nitrogen and oxygen atoms in total. The molecule has 1 N–H and O–H groups in total. The monoisotopic (exact) mass is 394 g/mol. The third-order valence-electron chi connectivity index (χ3n) is 4.04. The van der Waals surface area contributed by atoms with Crippen LogP contribution in [-0.4, -0.2) is 32.1 Å². The van der Waals surface area contributed by atoms with Gasteiger partial charge in [0.2, 0.25) is 5.91 Å². The highest BCUT2D eigenvalue weighted by Gasteiger charge is 2.41. The van der Waals surface area contributed by atoms with Gasteiger partial charge >= 0.3 is 0 Å². The summed E-state index contributed by atoms with van der Waals surface area (Å²) in [5, 5.41) is 3.87. The van der Waals surface area contributed by atoms with Crippen molar-refractivity contribution in [1.82, 2.24) is 0 Å². The second-order valence-electron chi connectivity index (χ2n) is 5.63. The van der Waals surface area contributed by atoms with Gasteiger partial charge in [0.15, 0.2) is 0 Å². The van der Waals surface area contributed by atoms with Crippen LogP contribution in [0, 0.1) is 0 Å². The average Bonchev–Trinajstić information content (AvgIpc) is 2.90. The maximum atomic E-state index is 12.8. The van der Waals surface area contributed by atoms with E-state index in [2.05, 4.69) is 5.32 Å². The Morgan fingerprint density at radius 1 is 1.08 bits per heavy atom. The predicted octanol–water partition coefficient (Wildman–Crippen LogP) is 3.75. The van der Waals surface area contributed by atoms with Gasteiger partial charge in [-0.05, 0) is 30.3 Å². The number of carbonyl (C=O) groups excluding carboxylic acids is 2. The Kier molecular flexibility index (Phi) is 5.25. The quantitative estimate of drug-likeness (QED) is 0.781. The van der Waals surface area contributed by atoms with Crippen molar-refractivity contribution in [3.8, 4) is 11.5 Å². The summed E-state index contributed by atoms with van der Waals surface area (Å²) in [5.74, 6) is 0.217. The van der Waals surface area contributed by atoms with Crippen molar-refractivity contribution in [2.24, 2.45) is 0 Å². The molecule has 1 atom stereocenters. The van der Waals surface area contributed by atoms with Gasteiger partial charge in [-0.15, -0.1) is 0 Å². The molecule has 0 spiro atoms. The molecule has 0 saturated carbocycles. The first kappa shape index (κ1) is 18.4. The maximum absolute atomic E-state index is 12.8. The zero-order valence-corrected chi connectivity index (χ0v) is 15.6. The smallest absolute Gasteiger partial charge is 0.256 e. The molecule has 1 unspecified atom stereocenters. The normalized spacial score (nSPS) is 16.8. The fraction of sp³-hybridized carbons (Fsp3) is 0.222. The molecule has 0 bridgehead atoms. The Labute approximate surface area is 160 Å². The average molecular weight is 395 g/mol. The zero-order chi connectivity index (χ0) is 18.8. The number of nitrogens with one attached hydrogen (secondary N) is 1. The summed E-state index contributed by atoms with van der Waals surface area (Å²) < 4.78 is 10.4. The summed E-state index contributed by atoms with van der Waals surface area (Å²) in [6.07, 6.45) is 0.00692. The van der Waals surface area contributed by atoms with Crippen molar-refractivity contribution < 1.29 is 19.1 Å². The third kappa shape index (κ3) is 3.43. The van der Waals surface area contributed by atoms with E-state index in [1.165, 1.54) is 14.2 Å². The fourth-order valence-corrected chi connectivity index (χ4v) is 3.22. The second-order valence-corrected chi connectivity index (χ2v) is 6.47. The predicted molar refractivity (Wildman–Crippen MR) is 101 cm³/mol. The van der Waals surface area contributed by atoms with Crippen LogP contribution in [0.2, 0.25) is 10.0 Å². The zero-order valence-electron chi connectivity index (χ0n) is 14.1. The summed E-state index contributed by atoms with van der Waals surface area (Å²) >= 11 is 12.0. The molecule has 2 aromatic rings. The summed E-state index contributed by atoms with van der Waals surface area (Å²) in [6, 6.07) is 9.05. The molecule has 1 fully saturated rings. The Morgan fingerprint density at radius 2 is 1.85 bits per heavy atom. The molecule has 3 rings (SSSR count). The van der Waals surface area contributed by atoms with Crippen molar-refractivity contribution in [1.29, 1.82) is 0 Å². The second kappa shape index (κ2) is 7.43. The first-order chi connectivity index (χ1) is 12.4. The number of nitrogens with zero attached hydrogens (tertiary/aromatic N) is 1. The van der Waals surface area contributed by atoms with E-state index in [-0.39, 0.29) is 18.2 Å². The molecule has 0 aliphatic carbocycles. The molecule has 26 heavy (non-hydrogen) atoms. The number of hydrogen-bond acceptors (Lipinski definition) is 5. The molecule has 1 aliphatic rings. The first-order valence-electron chi connectivity index (χ1n) is 7.75. The lowest BCUT2D eigenvalue weighted by Crippen LogP contribution is -2.35. The van der Waals surface area contributed by atoms with E-state index in [9.17, 15) is 9.59 Å². The number of hydrogen-bond donors (Lipinski definition) is 1. The van der Waals surface area contributed by atoms with Gasteiger partial charge in [-0.2, -0.15) is 0 Å². The Hall–Kier alpha value is -2.44. The van der Waals surface area contributed by atoms with E-state index in [1.54, 1.807) is 36.4 Å². The maximum Gasteiger partial charge on any atom is 0.256 e. The molecule has 0 radical (unpaired) electrons. The lowest BCUT2D eigenvalue weighted by atomic mass is 10.2. The number of imide groups is 1. The molecule has 1 saturated heterocycles. The number of carbonyl (C=O) groups is 2. The van der Waals surface area contributed by atoms with Crippen LogP contribution in [0.15, 0.2) is 36.4 Å². The number of halogens is 2. The van der Waals surface area contributed by atoms with Crippen LogP contribution in [0.1, 0.15) is 6.42 Å². The van der Waals surface area contributed by atoms with Crippen LogP contribution in [0.25, 0.3) is 0 Å². The minimum Gasteiger partial charge on any atom is -0.497 e. The lowest BCUT2D eigenvalue weighted by Gasteiger charge is -2.19. The SMILES string of the molecule is COc1ccc(N2C(=O)CC(Nc3ccc(Cl)cc3Cl)C2=O)c(OC)c1. The van der Waals surface area contributed by atoms with Gasteiger partial charge in [-0.25, -0.2) is 4.90 Å². The summed E-state index contributed by atoms with van der Waals surface area (Å²) in [4.78, 5) is 26.4. The van der Waals surface area contributed by atoms with Gasteiger partial charge < -0.3 is 14.8 Å². The van der Waals surface area contributed by atoms with Crippen LogP contribution in [0.5, 0.6) is 11.5 Å². The number of rotatable bonds is 5. The number of amides is 2. The lowest BCUT2D eigenvalue weighted by molar-refractivity contribution is -0.121. The Morgan fingerprint density at radius 3 is 2.50 bits per heavy atom. The minimum atomic E-state index is -0.729. The van der Waals surface area contributed by atoms with E-state index in [0.29, 0.717) is 32.9 Å². The standard InChI is InChI=1S/C18H16Cl2N2O4/c1-25-11-4-6-15(16(8-11)26-2)22-17(23)9-14(18(22)24)21-13-5-3-10(19)7-12(13)20/h3-8,14,21H,9H2,1-2H3. The highest BCUT2D eigenvalue weighted by molar-refractivity contribution is 6.36. The van der Waals surface area contributed by atoms with Crippen molar-refractivity contribution in [2.45, 2.75) is 12.5 Å². The number of ether oxygens (including phenoxy) is 2.